The van der Waals surface area contributed by atoms with Gasteiger partial charge in [0.15, 0.2) is 0 Å². The van der Waals surface area contributed by atoms with Gasteiger partial charge >= 0.3 is 0 Å². The van der Waals surface area contributed by atoms with Crippen molar-refractivity contribution in [3.63, 3.8) is 0 Å². The fraction of sp³-hybridized carbons (Fsp3) is 0.182. The van der Waals surface area contributed by atoms with Crippen molar-refractivity contribution in [3.05, 3.63) is 89.5 Å². The smallest absolute Gasteiger partial charge is 0.245 e. The molecule has 6 heteroatoms. The van der Waals surface area contributed by atoms with E-state index >= 15 is 0 Å². The van der Waals surface area contributed by atoms with E-state index in [1.54, 1.807) is 19.2 Å². The highest BCUT2D eigenvalue weighted by Gasteiger charge is 2.26. The largest absolute Gasteiger partial charge is 0.497 e. The van der Waals surface area contributed by atoms with Gasteiger partial charge in [-0.25, -0.2) is 8.42 Å². The molecule has 5 nitrogen and oxygen atoms in total. The van der Waals surface area contributed by atoms with Crippen LogP contribution in [0.3, 0.4) is 0 Å². The Morgan fingerprint density at radius 3 is 2.07 bits per heavy atom. The third-order valence-electron chi connectivity index (χ3n) is 4.46. The molecule has 146 valence electrons. The molecule has 0 bridgehead atoms. The minimum absolute atomic E-state index is 0.115. The molecule has 0 saturated heterocycles. The Morgan fingerprint density at radius 1 is 0.821 bits per heavy atom. The zero-order chi connectivity index (χ0) is 20.1. The second-order valence-corrected chi connectivity index (χ2v) is 8.07. The van der Waals surface area contributed by atoms with Crippen LogP contribution in [0.25, 0.3) is 0 Å². The molecule has 0 heterocycles. The van der Waals surface area contributed by atoms with Gasteiger partial charge in [-0.05, 0) is 47.9 Å². The second kappa shape index (κ2) is 8.46. The summed E-state index contributed by atoms with van der Waals surface area (Å²) >= 11 is 0. The van der Waals surface area contributed by atoms with E-state index in [-0.39, 0.29) is 4.90 Å². The first-order valence-corrected chi connectivity index (χ1v) is 10.3. The lowest BCUT2D eigenvalue weighted by atomic mass is 10.00. The van der Waals surface area contributed by atoms with Gasteiger partial charge in [0.25, 0.3) is 0 Å². The molecule has 0 aliphatic carbocycles. The molecular formula is C22H23NO4S. The van der Waals surface area contributed by atoms with E-state index < -0.39 is 16.1 Å². The van der Waals surface area contributed by atoms with Gasteiger partial charge in [0.2, 0.25) is 10.0 Å². The maximum atomic E-state index is 13.2. The molecule has 3 rings (SSSR count). The molecule has 3 aromatic rings. The Bertz CT molecular complexity index is 1030. The van der Waals surface area contributed by atoms with Crippen molar-refractivity contribution in [1.29, 1.82) is 0 Å². The molecule has 0 aliphatic heterocycles. The maximum absolute atomic E-state index is 13.2. The first-order chi connectivity index (χ1) is 13.4. The Labute approximate surface area is 166 Å². The molecule has 0 radical (unpaired) electrons. The van der Waals surface area contributed by atoms with Gasteiger partial charge in [-0.3, -0.25) is 0 Å². The predicted molar refractivity (Wildman–Crippen MR) is 109 cm³/mol. The van der Waals surface area contributed by atoms with Crippen molar-refractivity contribution in [3.8, 4) is 11.5 Å². The zero-order valence-corrected chi connectivity index (χ0v) is 16.9. The van der Waals surface area contributed by atoms with Crippen molar-refractivity contribution in [2.45, 2.75) is 17.9 Å². The normalized spacial score (nSPS) is 12.4. The molecule has 0 unspecified atom stereocenters. The highest BCUT2D eigenvalue weighted by atomic mass is 32.2. The molecule has 0 fully saturated rings. The molecule has 0 amide bonds. The summed E-state index contributed by atoms with van der Waals surface area (Å²) < 4.78 is 39.8. The molecule has 1 N–H and O–H groups in total. The predicted octanol–water partition coefficient (Wildman–Crippen LogP) is 4.08. The minimum atomic E-state index is -3.84. The topological polar surface area (TPSA) is 64.6 Å². The number of benzene rings is 3. The second-order valence-electron chi connectivity index (χ2n) is 6.39. The number of methoxy groups -OCH3 is 2. The van der Waals surface area contributed by atoms with Crippen molar-refractivity contribution in [2.75, 3.05) is 14.2 Å². The summed E-state index contributed by atoms with van der Waals surface area (Å²) in [4.78, 5) is 0.115. The van der Waals surface area contributed by atoms with E-state index in [9.17, 15) is 8.42 Å². The van der Waals surface area contributed by atoms with Gasteiger partial charge in [0.05, 0.1) is 20.3 Å². The van der Waals surface area contributed by atoms with Crippen LogP contribution < -0.4 is 14.2 Å². The first kappa shape index (κ1) is 19.9. The van der Waals surface area contributed by atoms with E-state index in [1.165, 1.54) is 7.11 Å². The van der Waals surface area contributed by atoms with Crippen LogP contribution in [0, 0.1) is 6.92 Å². The van der Waals surface area contributed by atoms with Gasteiger partial charge in [-0.1, -0.05) is 48.5 Å². The van der Waals surface area contributed by atoms with Crippen LogP contribution in [0.1, 0.15) is 22.7 Å². The van der Waals surface area contributed by atoms with E-state index in [4.69, 9.17) is 9.47 Å². The summed E-state index contributed by atoms with van der Waals surface area (Å²) in [7, 11) is -0.789. The van der Waals surface area contributed by atoms with Gasteiger partial charge in [-0.15, -0.1) is 0 Å². The summed E-state index contributed by atoms with van der Waals surface area (Å²) in [6.45, 7) is 1.84. The Hall–Kier alpha value is -2.83. The third-order valence-corrected chi connectivity index (χ3v) is 5.91. The van der Waals surface area contributed by atoms with Crippen molar-refractivity contribution in [1.82, 2.24) is 4.72 Å². The van der Waals surface area contributed by atoms with Crippen LogP contribution in [-0.2, 0) is 10.0 Å². The molecule has 0 saturated carbocycles. The van der Waals surface area contributed by atoms with E-state index in [0.29, 0.717) is 11.5 Å². The average Bonchev–Trinajstić information content (AvgIpc) is 2.73. The maximum Gasteiger partial charge on any atom is 0.245 e. The summed E-state index contributed by atoms with van der Waals surface area (Å²) in [6, 6.07) is 21.3. The fourth-order valence-electron chi connectivity index (χ4n) is 2.98. The molecule has 1 atom stereocenters. The van der Waals surface area contributed by atoms with Crippen LogP contribution in [0.2, 0.25) is 0 Å². The lowest BCUT2D eigenvalue weighted by Gasteiger charge is -2.21. The van der Waals surface area contributed by atoms with Gasteiger partial charge in [0, 0.05) is 0 Å². The van der Waals surface area contributed by atoms with Gasteiger partial charge in [0.1, 0.15) is 16.4 Å². The number of aryl methyl sites for hydroxylation is 1. The molecule has 28 heavy (non-hydrogen) atoms. The van der Waals surface area contributed by atoms with E-state index in [1.807, 2.05) is 67.6 Å². The monoisotopic (exact) mass is 397 g/mol. The standard InChI is InChI=1S/C22H23NO4S/c1-16-9-14-20(27-3)21(15-16)28(24,25)23-22(17-7-5-4-6-8-17)18-10-12-19(26-2)13-11-18/h4-15,22-23H,1-3H3/t22-/m0/s1. The highest BCUT2D eigenvalue weighted by molar-refractivity contribution is 7.89. The number of ether oxygens (including phenoxy) is 2. The summed E-state index contributed by atoms with van der Waals surface area (Å²) in [6.07, 6.45) is 0. The Balaban J connectivity index is 2.05. The van der Waals surface area contributed by atoms with E-state index in [0.717, 1.165) is 16.7 Å². The van der Waals surface area contributed by atoms with Crippen LogP contribution in [0.4, 0.5) is 0 Å². The van der Waals surface area contributed by atoms with Crippen LogP contribution in [0.15, 0.2) is 77.7 Å². The van der Waals surface area contributed by atoms with Crippen molar-refractivity contribution >= 4 is 10.0 Å². The summed E-state index contributed by atoms with van der Waals surface area (Å²) in [5, 5.41) is 0. The van der Waals surface area contributed by atoms with Crippen molar-refractivity contribution in [2.24, 2.45) is 0 Å². The number of sulfonamides is 1. The third kappa shape index (κ3) is 4.35. The fourth-order valence-corrected chi connectivity index (χ4v) is 4.45. The lowest BCUT2D eigenvalue weighted by Crippen LogP contribution is -2.29. The average molecular weight is 397 g/mol. The number of rotatable bonds is 7. The molecular weight excluding hydrogens is 374 g/mol. The molecule has 3 aromatic carbocycles. The first-order valence-electron chi connectivity index (χ1n) is 8.80. The van der Waals surface area contributed by atoms with E-state index in [2.05, 4.69) is 4.72 Å². The van der Waals surface area contributed by atoms with Crippen LogP contribution in [0.5, 0.6) is 11.5 Å². The Kier molecular flexibility index (Phi) is 6.02. The SMILES string of the molecule is COc1ccc([C@@H](NS(=O)(=O)c2cc(C)ccc2OC)c2ccccc2)cc1. The van der Waals surface area contributed by atoms with Gasteiger partial charge < -0.3 is 9.47 Å². The molecule has 0 aromatic heterocycles. The number of hydrogen-bond donors (Lipinski definition) is 1. The Morgan fingerprint density at radius 2 is 1.46 bits per heavy atom. The number of nitrogens with one attached hydrogen (secondary N) is 1. The summed E-state index contributed by atoms with van der Waals surface area (Å²) in [5.74, 6) is 1.01. The number of hydrogen-bond acceptors (Lipinski definition) is 4. The van der Waals surface area contributed by atoms with Crippen LogP contribution in [-0.4, -0.2) is 22.6 Å². The molecule has 0 aliphatic rings. The van der Waals surface area contributed by atoms with Crippen molar-refractivity contribution < 1.29 is 17.9 Å². The van der Waals surface area contributed by atoms with Gasteiger partial charge in [-0.2, -0.15) is 4.72 Å². The quantitative estimate of drug-likeness (QED) is 0.652. The van der Waals surface area contributed by atoms with Crippen LogP contribution >= 0.6 is 0 Å². The lowest BCUT2D eigenvalue weighted by molar-refractivity contribution is 0.402. The minimum Gasteiger partial charge on any atom is -0.497 e. The highest BCUT2D eigenvalue weighted by Crippen LogP contribution is 2.29. The zero-order valence-electron chi connectivity index (χ0n) is 16.0. The molecule has 0 spiro atoms. The summed E-state index contributed by atoms with van der Waals surface area (Å²) in [5.41, 5.74) is 2.48.